The number of hydrogen-bond donors (Lipinski definition) is 2. The van der Waals surface area contributed by atoms with Gasteiger partial charge < -0.3 is 24.6 Å². The van der Waals surface area contributed by atoms with E-state index in [0.717, 1.165) is 61.5 Å². The Hall–Kier alpha value is -2.01. The molecule has 2 heterocycles. The average Bonchev–Trinajstić information content (AvgIpc) is 3.41. The number of methoxy groups -OCH3 is 2. The van der Waals surface area contributed by atoms with Crippen LogP contribution in [0.3, 0.4) is 0 Å². The predicted octanol–water partition coefficient (Wildman–Crippen LogP) is 3.76. The summed E-state index contributed by atoms with van der Waals surface area (Å²) in [5.41, 5.74) is 2.15. The van der Waals surface area contributed by atoms with Gasteiger partial charge in [-0.1, -0.05) is 19.0 Å². The fourth-order valence-corrected chi connectivity index (χ4v) is 3.66. The highest BCUT2D eigenvalue weighted by atomic mass is 127. The lowest BCUT2D eigenvalue weighted by molar-refractivity contribution is 0.321. The van der Waals surface area contributed by atoms with E-state index in [4.69, 9.17) is 14.0 Å². The number of nitrogens with one attached hydrogen (secondary N) is 2. The summed E-state index contributed by atoms with van der Waals surface area (Å²) in [6, 6.07) is 8.36. The number of hydrogen-bond acceptors (Lipinski definition) is 6. The Bertz CT molecular complexity index is 849. The summed E-state index contributed by atoms with van der Waals surface area (Å²) >= 11 is 0. The number of guanidine groups is 1. The van der Waals surface area contributed by atoms with Gasteiger partial charge in [-0.05, 0) is 37.0 Å². The van der Waals surface area contributed by atoms with Gasteiger partial charge in [-0.3, -0.25) is 4.90 Å². The number of aromatic nitrogens is 1. The summed E-state index contributed by atoms with van der Waals surface area (Å²) < 4.78 is 16.2. The molecule has 0 spiro atoms. The highest BCUT2D eigenvalue weighted by Gasteiger charge is 2.23. The van der Waals surface area contributed by atoms with E-state index in [9.17, 15) is 0 Å². The molecular weight excluding hydrogens is 521 g/mol. The number of halogens is 1. The molecule has 0 aliphatic carbocycles. The lowest BCUT2D eigenvalue weighted by Crippen LogP contribution is -2.44. The molecule has 0 bridgehead atoms. The Kier molecular flexibility index (Phi) is 10.6. The third-order valence-electron chi connectivity index (χ3n) is 5.34. The minimum absolute atomic E-state index is 0. The van der Waals surface area contributed by atoms with Crippen LogP contribution in [0, 0.1) is 0 Å². The van der Waals surface area contributed by atoms with Crippen LogP contribution in [0.5, 0.6) is 11.5 Å². The van der Waals surface area contributed by atoms with Crippen molar-refractivity contribution in [1.29, 1.82) is 0 Å². The number of aliphatic imine (C=N–C) groups is 1. The van der Waals surface area contributed by atoms with E-state index >= 15 is 0 Å². The topological polar surface area (TPSA) is 84.2 Å². The van der Waals surface area contributed by atoms with Crippen molar-refractivity contribution in [2.24, 2.45) is 4.99 Å². The maximum atomic E-state index is 5.40. The number of rotatable bonds is 9. The first kappa shape index (κ1) is 26.2. The molecule has 0 saturated carbocycles. The molecule has 2 aromatic rings. The van der Waals surface area contributed by atoms with Crippen LogP contribution >= 0.6 is 24.0 Å². The van der Waals surface area contributed by atoms with E-state index < -0.39 is 0 Å². The molecule has 178 valence electrons. The lowest BCUT2D eigenvalue weighted by Gasteiger charge is -2.19. The average molecular weight is 557 g/mol. The third-order valence-corrected chi connectivity index (χ3v) is 5.34. The molecule has 0 amide bonds. The van der Waals surface area contributed by atoms with Crippen molar-refractivity contribution in [3.63, 3.8) is 0 Å². The Balaban J connectivity index is 0.00000363. The van der Waals surface area contributed by atoms with Crippen LogP contribution in [0.4, 0.5) is 0 Å². The van der Waals surface area contributed by atoms with Gasteiger partial charge in [-0.15, -0.1) is 24.0 Å². The van der Waals surface area contributed by atoms with E-state index in [1.165, 1.54) is 5.56 Å². The van der Waals surface area contributed by atoms with Crippen molar-refractivity contribution in [2.45, 2.75) is 52.2 Å². The Labute approximate surface area is 208 Å². The van der Waals surface area contributed by atoms with Gasteiger partial charge in [-0.25, -0.2) is 4.99 Å². The minimum atomic E-state index is 0. The normalized spacial score (nSPS) is 16.7. The molecule has 1 aromatic carbocycles. The van der Waals surface area contributed by atoms with E-state index in [-0.39, 0.29) is 24.0 Å². The van der Waals surface area contributed by atoms with Crippen LogP contribution in [-0.4, -0.2) is 55.9 Å². The van der Waals surface area contributed by atoms with Crippen molar-refractivity contribution in [3.05, 3.63) is 41.3 Å². The van der Waals surface area contributed by atoms with E-state index in [1.54, 1.807) is 14.2 Å². The fraction of sp³-hybridized carbons (Fsp3) is 0.565. The van der Waals surface area contributed by atoms with Crippen LogP contribution in [0.1, 0.15) is 50.1 Å². The second kappa shape index (κ2) is 12.9. The second-order valence-electron chi connectivity index (χ2n) is 8.15. The van der Waals surface area contributed by atoms with Crippen molar-refractivity contribution < 1.29 is 14.0 Å². The molecule has 1 aliphatic heterocycles. The zero-order valence-electron chi connectivity index (χ0n) is 19.7. The Morgan fingerprint density at radius 2 is 1.94 bits per heavy atom. The summed E-state index contributed by atoms with van der Waals surface area (Å²) in [5, 5.41) is 11.0. The van der Waals surface area contributed by atoms with Crippen LogP contribution in [0.2, 0.25) is 0 Å². The summed E-state index contributed by atoms with van der Waals surface area (Å²) in [6.07, 6.45) is 1.06. The van der Waals surface area contributed by atoms with Crippen molar-refractivity contribution in [3.8, 4) is 11.5 Å². The van der Waals surface area contributed by atoms with Gasteiger partial charge in [0.05, 0.1) is 19.9 Å². The molecule has 32 heavy (non-hydrogen) atoms. The zero-order chi connectivity index (χ0) is 22.2. The molecule has 3 rings (SSSR count). The maximum absolute atomic E-state index is 5.40. The van der Waals surface area contributed by atoms with Gasteiger partial charge in [0.1, 0.15) is 18.0 Å². The molecule has 1 atom stereocenters. The SMILES string of the molecule is CCNC(=NCc1cc(C(C)C)no1)NC1CCN(Cc2cc(OC)cc(OC)c2)C1.I. The minimum Gasteiger partial charge on any atom is -0.497 e. The van der Waals surface area contributed by atoms with Crippen molar-refractivity contribution in [2.75, 3.05) is 33.9 Å². The second-order valence-corrected chi connectivity index (χ2v) is 8.15. The van der Waals surface area contributed by atoms with Crippen molar-refractivity contribution >= 4 is 29.9 Å². The number of nitrogens with zero attached hydrogens (tertiary/aromatic N) is 3. The van der Waals surface area contributed by atoms with Crippen molar-refractivity contribution in [1.82, 2.24) is 20.7 Å². The first-order valence-electron chi connectivity index (χ1n) is 10.9. The summed E-state index contributed by atoms with van der Waals surface area (Å²) in [6.45, 7) is 10.4. The molecule has 1 aliphatic rings. The van der Waals surface area contributed by atoms with Crippen LogP contribution in [-0.2, 0) is 13.1 Å². The predicted molar refractivity (Wildman–Crippen MR) is 137 cm³/mol. The van der Waals surface area contributed by atoms with E-state index in [1.807, 2.05) is 12.1 Å². The summed E-state index contributed by atoms with van der Waals surface area (Å²) in [7, 11) is 3.36. The Morgan fingerprint density at radius 3 is 2.53 bits per heavy atom. The quantitative estimate of drug-likeness (QED) is 0.276. The third kappa shape index (κ3) is 7.54. The largest absolute Gasteiger partial charge is 0.497 e. The van der Waals surface area contributed by atoms with Gasteiger partial charge in [0.2, 0.25) is 0 Å². The molecule has 2 N–H and O–H groups in total. The lowest BCUT2D eigenvalue weighted by atomic mass is 10.1. The molecule has 0 radical (unpaired) electrons. The van der Waals surface area contributed by atoms with Crippen LogP contribution in [0.25, 0.3) is 0 Å². The van der Waals surface area contributed by atoms with E-state index in [0.29, 0.717) is 18.5 Å². The molecule has 8 nitrogen and oxygen atoms in total. The highest BCUT2D eigenvalue weighted by molar-refractivity contribution is 14.0. The maximum Gasteiger partial charge on any atom is 0.191 e. The van der Waals surface area contributed by atoms with E-state index in [2.05, 4.69) is 58.6 Å². The highest BCUT2D eigenvalue weighted by Crippen LogP contribution is 2.24. The first-order chi connectivity index (χ1) is 15.0. The number of likely N-dealkylation sites (tertiary alicyclic amines) is 1. The van der Waals surface area contributed by atoms with Crippen LogP contribution in [0.15, 0.2) is 33.8 Å². The molecule has 9 heteroatoms. The van der Waals surface area contributed by atoms with Gasteiger partial charge in [-0.2, -0.15) is 0 Å². The van der Waals surface area contributed by atoms with Gasteiger partial charge in [0, 0.05) is 44.4 Å². The molecular formula is C23H36IN5O3. The van der Waals surface area contributed by atoms with Gasteiger partial charge in [0.15, 0.2) is 11.7 Å². The molecule has 1 unspecified atom stereocenters. The first-order valence-corrected chi connectivity index (χ1v) is 10.9. The number of ether oxygens (including phenoxy) is 2. The summed E-state index contributed by atoms with van der Waals surface area (Å²) in [4.78, 5) is 7.11. The number of benzene rings is 1. The molecule has 1 fully saturated rings. The fourth-order valence-electron chi connectivity index (χ4n) is 3.66. The van der Waals surface area contributed by atoms with Crippen LogP contribution < -0.4 is 20.1 Å². The summed E-state index contributed by atoms with van der Waals surface area (Å²) in [5.74, 6) is 3.57. The smallest absolute Gasteiger partial charge is 0.191 e. The monoisotopic (exact) mass is 557 g/mol. The van der Waals surface area contributed by atoms with Gasteiger partial charge >= 0.3 is 0 Å². The zero-order valence-corrected chi connectivity index (χ0v) is 22.0. The molecule has 1 saturated heterocycles. The standard InChI is InChI=1S/C23H35N5O3.HI/c1-6-24-23(25-13-21-12-22(16(2)3)27-31-21)26-18-7-8-28(15-18)14-17-9-19(29-4)11-20(10-17)30-5;/h9-12,16,18H,6-8,13-15H2,1-5H3,(H2,24,25,26);1H. The van der Waals surface area contributed by atoms with Gasteiger partial charge in [0.25, 0.3) is 0 Å². The molecule has 1 aromatic heterocycles. The Morgan fingerprint density at radius 1 is 1.22 bits per heavy atom.